The zero-order valence-corrected chi connectivity index (χ0v) is 17.1. The highest BCUT2D eigenvalue weighted by atomic mass is 32.2. The molecular weight excluding hydrogens is 379 g/mol. The lowest BCUT2D eigenvalue weighted by Gasteiger charge is -2.35. The van der Waals surface area contributed by atoms with E-state index >= 15 is 0 Å². The number of likely N-dealkylation sites (tertiary alicyclic amines) is 1. The van der Waals surface area contributed by atoms with E-state index in [0.29, 0.717) is 5.56 Å². The maximum atomic E-state index is 13.8. The monoisotopic (exact) mass is 406 g/mol. The van der Waals surface area contributed by atoms with Crippen molar-refractivity contribution in [3.05, 3.63) is 59.4 Å². The minimum absolute atomic E-state index is 0.0620. The molecule has 7 heteroatoms. The molecule has 1 aliphatic rings. The highest BCUT2D eigenvalue weighted by Gasteiger charge is 2.27. The summed E-state index contributed by atoms with van der Waals surface area (Å²) in [5.74, 6) is 0.207. The highest BCUT2D eigenvalue weighted by molar-refractivity contribution is 7.89. The van der Waals surface area contributed by atoms with Crippen LogP contribution >= 0.6 is 0 Å². The SMILES string of the molecule is COc1ccccc1C(CNS(=O)(=O)c1ccc(C)c(F)c1)N1CCCCC1. The maximum absolute atomic E-state index is 13.8. The predicted octanol–water partition coefficient (Wildman–Crippen LogP) is 3.65. The van der Waals surface area contributed by atoms with Crippen LogP contribution in [0, 0.1) is 12.7 Å². The van der Waals surface area contributed by atoms with Crippen molar-refractivity contribution in [1.82, 2.24) is 9.62 Å². The summed E-state index contributed by atoms with van der Waals surface area (Å²) in [6.07, 6.45) is 3.35. The molecule has 1 aliphatic heterocycles. The molecule has 1 atom stereocenters. The van der Waals surface area contributed by atoms with Gasteiger partial charge in [0.25, 0.3) is 0 Å². The standard InChI is InChI=1S/C21H27FN2O3S/c1-16-10-11-17(14-19(16)22)28(25,26)23-15-20(24-12-6-3-7-13-24)18-8-4-5-9-21(18)27-2/h4-5,8-11,14,20,23H,3,6-7,12-13,15H2,1-2H3. The van der Waals surface area contributed by atoms with E-state index in [2.05, 4.69) is 9.62 Å². The van der Waals surface area contributed by atoms with Gasteiger partial charge < -0.3 is 4.74 Å². The first-order chi connectivity index (χ1) is 13.4. The van der Waals surface area contributed by atoms with E-state index in [-0.39, 0.29) is 17.5 Å². The van der Waals surface area contributed by atoms with E-state index in [1.54, 1.807) is 14.0 Å². The molecule has 0 amide bonds. The molecule has 2 aromatic rings. The molecule has 1 heterocycles. The topological polar surface area (TPSA) is 58.6 Å². The zero-order valence-electron chi connectivity index (χ0n) is 16.3. The Morgan fingerprint density at radius 2 is 1.86 bits per heavy atom. The van der Waals surface area contributed by atoms with Gasteiger partial charge in [0.05, 0.1) is 18.0 Å². The van der Waals surface area contributed by atoms with Crippen LogP contribution in [-0.4, -0.2) is 40.1 Å². The predicted molar refractivity (Wildman–Crippen MR) is 107 cm³/mol. The van der Waals surface area contributed by atoms with Crippen LogP contribution < -0.4 is 9.46 Å². The van der Waals surface area contributed by atoms with Crippen LogP contribution in [0.2, 0.25) is 0 Å². The molecule has 1 unspecified atom stereocenters. The van der Waals surface area contributed by atoms with E-state index in [4.69, 9.17) is 4.74 Å². The van der Waals surface area contributed by atoms with Gasteiger partial charge in [0.15, 0.2) is 0 Å². The summed E-state index contributed by atoms with van der Waals surface area (Å²) in [7, 11) is -2.20. The summed E-state index contributed by atoms with van der Waals surface area (Å²) < 4.78 is 47.5. The van der Waals surface area contributed by atoms with Gasteiger partial charge in [-0.1, -0.05) is 30.7 Å². The third-order valence-corrected chi connectivity index (χ3v) is 6.67. The first-order valence-corrected chi connectivity index (χ1v) is 11.0. The number of nitrogens with one attached hydrogen (secondary N) is 1. The number of piperidine rings is 1. The van der Waals surface area contributed by atoms with Crippen molar-refractivity contribution in [2.75, 3.05) is 26.7 Å². The Balaban J connectivity index is 1.85. The fraction of sp³-hybridized carbons (Fsp3) is 0.429. The largest absolute Gasteiger partial charge is 0.496 e. The van der Waals surface area contributed by atoms with Gasteiger partial charge in [-0.05, 0) is 56.6 Å². The first kappa shape index (κ1) is 20.8. The number of hydrogen-bond acceptors (Lipinski definition) is 4. The Morgan fingerprint density at radius 3 is 2.54 bits per heavy atom. The van der Waals surface area contributed by atoms with Crippen molar-refractivity contribution in [3.8, 4) is 5.75 Å². The number of methoxy groups -OCH3 is 1. The molecule has 28 heavy (non-hydrogen) atoms. The van der Waals surface area contributed by atoms with Gasteiger partial charge in [-0.2, -0.15) is 0 Å². The van der Waals surface area contributed by atoms with Gasteiger partial charge in [-0.15, -0.1) is 0 Å². The van der Waals surface area contributed by atoms with Gasteiger partial charge in [0.2, 0.25) is 10.0 Å². The molecule has 0 saturated carbocycles. The smallest absolute Gasteiger partial charge is 0.240 e. The minimum Gasteiger partial charge on any atom is -0.496 e. The van der Waals surface area contributed by atoms with E-state index in [9.17, 15) is 12.8 Å². The summed E-state index contributed by atoms with van der Waals surface area (Å²) in [6.45, 7) is 3.61. The van der Waals surface area contributed by atoms with Gasteiger partial charge in [0.1, 0.15) is 11.6 Å². The van der Waals surface area contributed by atoms with E-state index < -0.39 is 15.8 Å². The Hall–Kier alpha value is -1.96. The number of hydrogen-bond donors (Lipinski definition) is 1. The molecule has 152 valence electrons. The number of sulfonamides is 1. The fourth-order valence-corrected chi connectivity index (χ4v) is 4.67. The maximum Gasteiger partial charge on any atom is 0.240 e. The second kappa shape index (κ2) is 9.03. The molecule has 0 radical (unpaired) electrons. The minimum atomic E-state index is -3.82. The number of aryl methyl sites for hydroxylation is 1. The molecule has 0 bridgehead atoms. The number of nitrogens with zero attached hydrogens (tertiary/aromatic N) is 1. The van der Waals surface area contributed by atoms with Crippen LogP contribution in [-0.2, 0) is 10.0 Å². The number of ether oxygens (including phenoxy) is 1. The van der Waals surface area contributed by atoms with Crippen LogP contribution in [0.15, 0.2) is 47.4 Å². The van der Waals surface area contributed by atoms with Crippen molar-refractivity contribution < 1.29 is 17.5 Å². The molecule has 1 fully saturated rings. The Kier molecular flexibility index (Phi) is 6.69. The number of benzene rings is 2. The number of para-hydroxylation sites is 1. The molecule has 5 nitrogen and oxygen atoms in total. The summed E-state index contributed by atoms with van der Waals surface area (Å²) in [5.41, 5.74) is 1.36. The Morgan fingerprint density at radius 1 is 1.14 bits per heavy atom. The van der Waals surface area contributed by atoms with Crippen LogP contribution in [0.5, 0.6) is 5.75 Å². The highest BCUT2D eigenvalue weighted by Crippen LogP contribution is 2.31. The molecule has 0 spiro atoms. The normalized spacial score (nSPS) is 16.7. The average molecular weight is 407 g/mol. The molecule has 1 N–H and O–H groups in total. The quantitative estimate of drug-likeness (QED) is 0.763. The summed E-state index contributed by atoms with van der Waals surface area (Å²) >= 11 is 0. The average Bonchev–Trinajstić information content (AvgIpc) is 2.71. The van der Waals surface area contributed by atoms with Gasteiger partial charge in [-0.25, -0.2) is 17.5 Å². The van der Waals surface area contributed by atoms with E-state index in [1.807, 2.05) is 24.3 Å². The van der Waals surface area contributed by atoms with E-state index in [1.165, 1.54) is 18.6 Å². The fourth-order valence-electron chi connectivity index (χ4n) is 3.62. The van der Waals surface area contributed by atoms with Crippen molar-refractivity contribution in [2.45, 2.75) is 37.1 Å². The summed E-state index contributed by atoms with van der Waals surface area (Å²) in [6, 6.07) is 11.5. The molecule has 1 saturated heterocycles. The second-order valence-corrected chi connectivity index (χ2v) is 8.88. The van der Waals surface area contributed by atoms with E-state index in [0.717, 1.165) is 43.3 Å². The van der Waals surface area contributed by atoms with Crippen molar-refractivity contribution in [2.24, 2.45) is 0 Å². The third-order valence-electron chi connectivity index (χ3n) is 5.25. The van der Waals surface area contributed by atoms with Crippen LogP contribution in [0.4, 0.5) is 4.39 Å². The molecular formula is C21H27FN2O3S. The Labute approximate surface area is 166 Å². The Bertz CT molecular complexity index is 912. The van der Waals surface area contributed by atoms with Gasteiger partial charge in [-0.3, -0.25) is 4.90 Å². The van der Waals surface area contributed by atoms with Crippen LogP contribution in [0.1, 0.15) is 36.4 Å². The molecule has 2 aromatic carbocycles. The lowest BCUT2D eigenvalue weighted by atomic mass is 10.0. The van der Waals surface area contributed by atoms with Crippen LogP contribution in [0.25, 0.3) is 0 Å². The zero-order chi connectivity index (χ0) is 20.1. The molecule has 0 aromatic heterocycles. The molecule has 0 aliphatic carbocycles. The summed E-state index contributed by atoms with van der Waals surface area (Å²) in [5, 5.41) is 0. The third kappa shape index (κ3) is 4.71. The van der Waals surface area contributed by atoms with Crippen molar-refractivity contribution in [1.29, 1.82) is 0 Å². The summed E-state index contributed by atoms with van der Waals surface area (Å²) in [4.78, 5) is 2.23. The van der Waals surface area contributed by atoms with Crippen molar-refractivity contribution in [3.63, 3.8) is 0 Å². The van der Waals surface area contributed by atoms with Crippen molar-refractivity contribution >= 4 is 10.0 Å². The number of halogens is 1. The van der Waals surface area contributed by atoms with Gasteiger partial charge >= 0.3 is 0 Å². The first-order valence-electron chi connectivity index (χ1n) is 9.55. The molecule has 3 rings (SSSR count). The second-order valence-electron chi connectivity index (χ2n) is 7.12. The number of rotatable bonds is 7. The lowest BCUT2D eigenvalue weighted by Crippen LogP contribution is -2.40. The lowest BCUT2D eigenvalue weighted by molar-refractivity contribution is 0.162. The van der Waals surface area contributed by atoms with Crippen LogP contribution in [0.3, 0.4) is 0 Å². The van der Waals surface area contributed by atoms with Gasteiger partial charge in [0, 0.05) is 12.1 Å².